The van der Waals surface area contributed by atoms with Crippen molar-refractivity contribution < 1.29 is 27.5 Å². The molecular formula is C22H15Cl2F4N5O2. The third-order valence-electron chi connectivity index (χ3n) is 5.14. The molecule has 35 heavy (non-hydrogen) atoms. The first kappa shape index (κ1) is 24.7. The smallest absolute Gasteiger partial charge is 0.294 e. The summed E-state index contributed by atoms with van der Waals surface area (Å²) in [6.45, 7) is -1.44. The number of rotatable bonds is 6. The van der Waals surface area contributed by atoms with Crippen molar-refractivity contribution in [1.29, 1.82) is 0 Å². The summed E-state index contributed by atoms with van der Waals surface area (Å²) in [6, 6.07) is 8.72. The molecule has 0 bridgehead atoms. The zero-order valence-corrected chi connectivity index (χ0v) is 19.0. The SMILES string of the molecule is Nc1nc2cc(-c3ccc(Cl)c(C(=O)NCC(F)(F)[C@H](O)c4cccc(Cl)c4F)c3F)ccn2n1. The van der Waals surface area contributed by atoms with E-state index in [1.165, 1.54) is 41.0 Å². The summed E-state index contributed by atoms with van der Waals surface area (Å²) < 4.78 is 59.8. The molecule has 0 spiro atoms. The topological polar surface area (TPSA) is 106 Å². The number of aliphatic hydroxyl groups excluding tert-OH is 1. The van der Waals surface area contributed by atoms with Gasteiger partial charge in [-0.25, -0.2) is 22.1 Å². The maximum absolute atomic E-state index is 15.3. The monoisotopic (exact) mass is 527 g/mol. The van der Waals surface area contributed by atoms with Crippen LogP contribution in [-0.4, -0.2) is 38.1 Å². The number of nitrogens with zero attached hydrogens (tertiary/aromatic N) is 3. The van der Waals surface area contributed by atoms with E-state index in [4.69, 9.17) is 28.9 Å². The minimum atomic E-state index is -4.03. The molecule has 13 heteroatoms. The Balaban J connectivity index is 1.59. The fourth-order valence-corrected chi connectivity index (χ4v) is 3.81. The van der Waals surface area contributed by atoms with Gasteiger partial charge in [0.2, 0.25) is 5.95 Å². The minimum Gasteiger partial charge on any atom is -0.382 e. The van der Waals surface area contributed by atoms with E-state index in [1.807, 2.05) is 5.32 Å². The van der Waals surface area contributed by atoms with Gasteiger partial charge in [-0.2, -0.15) is 4.98 Å². The molecule has 0 saturated heterocycles. The van der Waals surface area contributed by atoms with Crippen molar-refractivity contribution in [3.63, 3.8) is 0 Å². The van der Waals surface area contributed by atoms with Crippen LogP contribution in [0.15, 0.2) is 48.7 Å². The van der Waals surface area contributed by atoms with Crippen LogP contribution in [0.25, 0.3) is 16.8 Å². The number of amides is 1. The van der Waals surface area contributed by atoms with Crippen LogP contribution >= 0.6 is 23.2 Å². The minimum absolute atomic E-state index is 0.000402. The normalized spacial score (nSPS) is 12.7. The van der Waals surface area contributed by atoms with Crippen LogP contribution in [0.4, 0.5) is 23.5 Å². The van der Waals surface area contributed by atoms with E-state index in [2.05, 4.69) is 10.1 Å². The summed E-state index contributed by atoms with van der Waals surface area (Å²) >= 11 is 11.6. The molecule has 1 amide bonds. The van der Waals surface area contributed by atoms with Gasteiger partial charge in [-0.3, -0.25) is 4.79 Å². The summed E-state index contributed by atoms with van der Waals surface area (Å²) in [5.74, 6) is -7.59. The van der Waals surface area contributed by atoms with Gasteiger partial charge < -0.3 is 16.2 Å². The number of alkyl halides is 2. The van der Waals surface area contributed by atoms with Gasteiger partial charge in [0.15, 0.2) is 5.65 Å². The number of aliphatic hydroxyl groups is 1. The number of fused-ring (bicyclic) bond motifs is 1. The second kappa shape index (κ2) is 9.33. The van der Waals surface area contributed by atoms with Crippen LogP contribution in [0.2, 0.25) is 10.0 Å². The predicted octanol–water partition coefficient (Wildman–Crippen LogP) is 4.66. The molecule has 0 fully saturated rings. The second-order valence-corrected chi connectivity index (χ2v) is 8.28. The molecule has 0 aliphatic carbocycles. The number of aromatic nitrogens is 3. The van der Waals surface area contributed by atoms with E-state index in [0.29, 0.717) is 11.2 Å². The predicted molar refractivity (Wildman–Crippen MR) is 121 cm³/mol. The van der Waals surface area contributed by atoms with Crippen molar-refractivity contribution in [1.82, 2.24) is 19.9 Å². The molecule has 2 heterocycles. The molecule has 4 N–H and O–H groups in total. The third kappa shape index (κ3) is 4.75. The lowest BCUT2D eigenvalue weighted by atomic mass is 10.0. The van der Waals surface area contributed by atoms with Crippen LogP contribution in [-0.2, 0) is 0 Å². The summed E-state index contributed by atoms with van der Waals surface area (Å²) in [6.07, 6.45) is -1.16. The summed E-state index contributed by atoms with van der Waals surface area (Å²) in [7, 11) is 0. The number of carbonyl (C=O) groups is 1. The Morgan fingerprint density at radius 2 is 1.89 bits per heavy atom. The third-order valence-corrected chi connectivity index (χ3v) is 5.75. The number of nitrogens with one attached hydrogen (secondary N) is 1. The summed E-state index contributed by atoms with van der Waals surface area (Å²) in [5.41, 5.74) is 4.64. The Morgan fingerprint density at radius 1 is 1.14 bits per heavy atom. The number of hydrogen-bond acceptors (Lipinski definition) is 5. The molecule has 0 aliphatic rings. The molecule has 0 unspecified atom stereocenters. The Labute approximate surface area is 205 Å². The van der Waals surface area contributed by atoms with Crippen LogP contribution < -0.4 is 11.1 Å². The Kier molecular flexibility index (Phi) is 6.58. The van der Waals surface area contributed by atoms with Gasteiger partial charge in [-0.15, -0.1) is 5.10 Å². The van der Waals surface area contributed by atoms with E-state index in [-0.39, 0.29) is 16.5 Å². The van der Waals surface area contributed by atoms with Crippen molar-refractivity contribution in [2.45, 2.75) is 12.0 Å². The van der Waals surface area contributed by atoms with Crippen LogP contribution in [0.5, 0.6) is 0 Å². The molecule has 4 aromatic rings. The molecule has 4 rings (SSSR count). The Morgan fingerprint density at radius 3 is 2.63 bits per heavy atom. The number of anilines is 1. The summed E-state index contributed by atoms with van der Waals surface area (Å²) in [5, 5.41) is 15.0. The van der Waals surface area contributed by atoms with Crippen LogP contribution in [0, 0.1) is 11.6 Å². The van der Waals surface area contributed by atoms with Gasteiger partial charge in [-0.05, 0) is 35.9 Å². The average Bonchev–Trinajstić information content (AvgIpc) is 3.18. The molecule has 7 nitrogen and oxygen atoms in total. The maximum atomic E-state index is 15.3. The van der Waals surface area contributed by atoms with E-state index in [9.17, 15) is 23.1 Å². The van der Waals surface area contributed by atoms with Gasteiger partial charge >= 0.3 is 0 Å². The lowest BCUT2D eigenvalue weighted by Gasteiger charge is -2.24. The summed E-state index contributed by atoms with van der Waals surface area (Å²) in [4.78, 5) is 16.6. The number of nitrogens with two attached hydrogens (primary N) is 1. The molecule has 2 aromatic carbocycles. The molecule has 1 atom stereocenters. The van der Waals surface area contributed by atoms with E-state index >= 15 is 4.39 Å². The van der Waals surface area contributed by atoms with Gasteiger partial charge in [-0.1, -0.05) is 35.3 Å². The van der Waals surface area contributed by atoms with Gasteiger partial charge in [0.05, 0.1) is 22.2 Å². The second-order valence-electron chi connectivity index (χ2n) is 7.46. The van der Waals surface area contributed by atoms with Crippen molar-refractivity contribution in [2.75, 3.05) is 12.3 Å². The zero-order chi connectivity index (χ0) is 25.5. The molecule has 182 valence electrons. The number of pyridine rings is 1. The fraction of sp³-hybridized carbons (Fsp3) is 0.136. The number of hydrogen-bond donors (Lipinski definition) is 3. The Hall–Kier alpha value is -3.41. The van der Waals surface area contributed by atoms with Crippen molar-refractivity contribution in [2.24, 2.45) is 0 Å². The highest BCUT2D eigenvalue weighted by Gasteiger charge is 2.41. The standard InChI is InChI=1S/C22H15Cl2F4N5O2/c23-13-5-4-11(10-6-7-33-15(8-10)31-21(29)32-33)18(26)16(13)20(35)30-9-22(27,28)19(34)12-2-1-3-14(24)17(12)25/h1-8,19,34H,9H2,(H2,29,32)(H,30,35)/t19-/m1/s1. The Bertz CT molecular complexity index is 1450. The van der Waals surface area contributed by atoms with Crippen molar-refractivity contribution in [3.05, 3.63) is 81.5 Å². The lowest BCUT2D eigenvalue weighted by molar-refractivity contribution is -0.107. The number of nitrogen functional groups attached to an aromatic ring is 1. The van der Waals surface area contributed by atoms with Crippen LogP contribution in [0.1, 0.15) is 22.0 Å². The first-order valence-corrected chi connectivity index (χ1v) is 10.6. The molecular weight excluding hydrogens is 513 g/mol. The molecule has 0 saturated carbocycles. The highest BCUT2D eigenvalue weighted by Crippen LogP contribution is 2.35. The first-order valence-electron chi connectivity index (χ1n) is 9.88. The van der Waals surface area contributed by atoms with Gasteiger partial charge in [0.1, 0.15) is 17.7 Å². The van der Waals surface area contributed by atoms with Crippen LogP contribution in [0.3, 0.4) is 0 Å². The number of halogens is 6. The maximum Gasteiger partial charge on any atom is 0.294 e. The molecule has 0 radical (unpaired) electrons. The molecule has 0 aliphatic heterocycles. The largest absolute Gasteiger partial charge is 0.382 e. The number of carbonyl (C=O) groups excluding carboxylic acids is 1. The van der Waals surface area contributed by atoms with Gasteiger partial charge in [0, 0.05) is 17.3 Å². The lowest BCUT2D eigenvalue weighted by Crippen LogP contribution is -2.41. The van der Waals surface area contributed by atoms with Crippen molar-refractivity contribution >= 4 is 40.7 Å². The first-order chi connectivity index (χ1) is 16.5. The van der Waals surface area contributed by atoms with E-state index < -0.39 is 52.3 Å². The zero-order valence-electron chi connectivity index (χ0n) is 17.4. The van der Waals surface area contributed by atoms with E-state index in [0.717, 1.165) is 12.1 Å². The quantitative estimate of drug-likeness (QED) is 0.316. The average molecular weight is 528 g/mol. The molecule has 2 aromatic heterocycles. The van der Waals surface area contributed by atoms with E-state index in [1.54, 1.807) is 0 Å². The van der Waals surface area contributed by atoms with Gasteiger partial charge in [0.25, 0.3) is 11.8 Å². The highest BCUT2D eigenvalue weighted by atomic mass is 35.5. The fourth-order valence-electron chi connectivity index (χ4n) is 3.39. The van der Waals surface area contributed by atoms with Crippen molar-refractivity contribution in [3.8, 4) is 11.1 Å². The number of benzene rings is 2. The highest BCUT2D eigenvalue weighted by molar-refractivity contribution is 6.34.